The van der Waals surface area contributed by atoms with Crippen molar-refractivity contribution < 1.29 is 68.4 Å². The number of carbonyl (C=O) groups excluding carboxylic acids is 7. The van der Waals surface area contributed by atoms with Crippen molar-refractivity contribution in [1.29, 1.82) is 0 Å². The van der Waals surface area contributed by atoms with Gasteiger partial charge >= 0.3 is 17.9 Å². The number of carbonyl (C=O) groups is 10. The van der Waals surface area contributed by atoms with E-state index in [0.717, 1.165) is 11.1 Å². The summed E-state index contributed by atoms with van der Waals surface area (Å²) >= 11 is 1.38. The number of aliphatic hydroxyl groups excluding tert-OH is 1. The highest BCUT2D eigenvalue weighted by molar-refractivity contribution is 7.98. The van der Waals surface area contributed by atoms with Gasteiger partial charge in [0.1, 0.15) is 30.2 Å². The van der Waals surface area contributed by atoms with Crippen molar-refractivity contribution in [2.24, 2.45) is 11.3 Å². The quantitative estimate of drug-likeness (QED) is 0.0441. The predicted molar refractivity (Wildman–Crippen MR) is 278 cm³/mol. The van der Waals surface area contributed by atoms with E-state index in [1.165, 1.54) is 11.8 Å². The van der Waals surface area contributed by atoms with Crippen LogP contribution in [0.5, 0.6) is 0 Å². The van der Waals surface area contributed by atoms with Crippen LogP contribution in [0.4, 0.5) is 0 Å². The Morgan fingerprint density at radius 1 is 0.560 bits per heavy atom. The maximum atomic E-state index is 14.6. The molecule has 0 radical (unpaired) electrons. The van der Waals surface area contributed by atoms with E-state index in [4.69, 9.17) is 5.11 Å². The van der Waals surface area contributed by atoms with Crippen molar-refractivity contribution in [2.45, 2.75) is 141 Å². The van der Waals surface area contributed by atoms with Crippen LogP contribution in [0.15, 0.2) is 84.9 Å². The topological polar surface area (TPSA) is 336 Å². The first-order valence-corrected chi connectivity index (χ1v) is 25.6. The lowest BCUT2D eigenvalue weighted by atomic mass is 9.85. The van der Waals surface area contributed by atoms with Crippen molar-refractivity contribution in [1.82, 2.24) is 37.2 Å². The molecule has 21 nitrogen and oxygen atoms in total. The fraction of sp³-hybridized carbons (Fsp3) is 0.472. The monoisotopic (exact) mass is 1060 g/mol. The Morgan fingerprint density at radius 2 is 1.09 bits per heavy atom. The Balaban J connectivity index is 1.93. The highest BCUT2D eigenvalue weighted by Gasteiger charge is 2.39. The molecule has 3 aromatic carbocycles. The minimum atomic E-state index is -1.82. The van der Waals surface area contributed by atoms with E-state index in [9.17, 15) is 63.3 Å². The maximum Gasteiger partial charge on any atom is 0.305 e. The average Bonchev–Trinajstić information content (AvgIpc) is 3.34. The van der Waals surface area contributed by atoms with Gasteiger partial charge < -0.3 is 57.6 Å². The molecule has 0 aliphatic rings. The van der Waals surface area contributed by atoms with Crippen molar-refractivity contribution in [3.05, 3.63) is 107 Å². The number of hydrogen-bond donors (Lipinski definition) is 11. The van der Waals surface area contributed by atoms with Gasteiger partial charge in [-0.25, -0.2) is 0 Å². The molecule has 0 aromatic heterocycles. The molecule has 2 unspecified atom stereocenters. The Bertz CT molecular complexity index is 2440. The first kappa shape index (κ1) is 62.0. The minimum Gasteiger partial charge on any atom is -0.481 e. The summed E-state index contributed by atoms with van der Waals surface area (Å²) in [5.41, 5.74) is 1.98. The first-order chi connectivity index (χ1) is 35.3. The number of thioether (sulfide) groups is 1. The van der Waals surface area contributed by atoms with E-state index < -0.39 is 139 Å². The number of benzene rings is 3. The number of carboxylic acids is 3. The third kappa shape index (κ3) is 22.8. The summed E-state index contributed by atoms with van der Waals surface area (Å²) in [4.78, 5) is 131. The zero-order chi connectivity index (χ0) is 55.8. The number of amides is 7. The smallest absolute Gasteiger partial charge is 0.305 e. The largest absolute Gasteiger partial charge is 0.481 e. The van der Waals surface area contributed by atoms with Gasteiger partial charge in [-0.3, -0.25) is 47.9 Å². The fourth-order valence-electron chi connectivity index (χ4n) is 7.54. The van der Waals surface area contributed by atoms with Crippen LogP contribution in [0.1, 0.15) is 95.4 Å². The van der Waals surface area contributed by atoms with E-state index >= 15 is 0 Å². The zero-order valence-electron chi connectivity index (χ0n) is 43.1. The van der Waals surface area contributed by atoms with Crippen molar-refractivity contribution >= 4 is 71.0 Å². The van der Waals surface area contributed by atoms with Crippen molar-refractivity contribution in [3.8, 4) is 0 Å². The van der Waals surface area contributed by atoms with E-state index in [1.54, 1.807) is 64.1 Å². The van der Waals surface area contributed by atoms with E-state index in [2.05, 4.69) is 37.2 Å². The van der Waals surface area contributed by atoms with Crippen molar-refractivity contribution in [2.75, 3.05) is 5.75 Å². The summed E-state index contributed by atoms with van der Waals surface area (Å²) in [5.74, 6) is -10.2. The van der Waals surface area contributed by atoms with Gasteiger partial charge in [0.05, 0.1) is 18.9 Å². The molecule has 0 aliphatic heterocycles. The lowest BCUT2D eigenvalue weighted by Crippen LogP contribution is -2.62. The Kier molecular flexibility index (Phi) is 25.4. The number of rotatable bonds is 31. The van der Waals surface area contributed by atoms with Crippen LogP contribution in [0.25, 0.3) is 0 Å². The second-order valence-corrected chi connectivity index (χ2v) is 20.6. The number of nitrogens with one attached hydrogen (secondary N) is 7. The molecule has 3 rings (SSSR count). The predicted octanol–water partition coefficient (Wildman–Crippen LogP) is 2.35. The summed E-state index contributed by atoms with van der Waals surface area (Å²) < 4.78 is 0. The highest BCUT2D eigenvalue weighted by atomic mass is 32.2. The molecule has 7 amide bonds. The maximum absolute atomic E-state index is 14.6. The molecule has 3 aromatic rings. The molecule has 0 fully saturated rings. The van der Waals surface area contributed by atoms with Crippen LogP contribution >= 0.6 is 11.8 Å². The van der Waals surface area contributed by atoms with Crippen LogP contribution in [-0.2, 0) is 66.7 Å². The van der Waals surface area contributed by atoms with Gasteiger partial charge in [-0.2, -0.15) is 11.8 Å². The lowest BCUT2D eigenvalue weighted by molar-refractivity contribution is -0.142. The molecule has 0 bridgehead atoms. The molecule has 22 heteroatoms. The van der Waals surface area contributed by atoms with Gasteiger partial charge in [0.2, 0.25) is 35.4 Å². The molecule has 0 heterocycles. The molecule has 11 N–H and O–H groups in total. The highest BCUT2D eigenvalue weighted by Crippen LogP contribution is 2.22. The minimum absolute atomic E-state index is 0.0946. The molecule has 75 heavy (non-hydrogen) atoms. The second-order valence-electron chi connectivity index (χ2n) is 19.6. The van der Waals surface area contributed by atoms with E-state index in [-0.39, 0.29) is 31.1 Å². The van der Waals surface area contributed by atoms with E-state index in [1.807, 2.05) is 62.4 Å². The van der Waals surface area contributed by atoms with Crippen molar-refractivity contribution in [3.63, 3.8) is 0 Å². The molecule has 0 spiro atoms. The van der Waals surface area contributed by atoms with Crippen LogP contribution in [-0.4, -0.2) is 128 Å². The molecule has 0 saturated heterocycles. The normalized spacial score (nSPS) is 14.0. The Morgan fingerprint density at radius 3 is 1.67 bits per heavy atom. The van der Waals surface area contributed by atoms with Crippen LogP contribution in [0, 0.1) is 18.3 Å². The molecule has 0 aliphatic carbocycles. The number of carboxylic acid groups (broad SMARTS) is 3. The summed E-state index contributed by atoms with van der Waals surface area (Å²) in [6, 6.07) is 16.6. The summed E-state index contributed by atoms with van der Waals surface area (Å²) in [6.07, 6.45) is -5.27. The average molecular weight is 1060 g/mol. The van der Waals surface area contributed by atoms with Gasteiger partial charge in [0, 0.05) is 37.3 Å². The van der Waals surface area contributed by atoms with Gasteiger partial charge in [0.25, 0.3) is 5.91 Å². The lowest BCUT2D eigenvalue weighted by Gasteiger charge is -2.34. The van der Waals surface area contributed by atoms with Gasteiger partial charge in [-0.05, 0) is 53.4 Å². The number of aryl methyl sites for hydroxylation is 1. The summed E-state index contributed by atoms with van der Waals surface area (Å²) in [6.45, 7) is 10.5. The van der Waals surface area contributed by atoms with Gasteiger partial charge in [-0.15, -0.1) is 0 Å². The molecular formula is C53H71N7O14S. The standard InChI is InChI=1S/C53H71N7O14S/c1-31(2)25-37(48(70)59-40(30-75-29-34-18-11-8-12-19-34)45(68)51(73)54-28-33-16-9-7-10-17-33)58-52(74)46(53(4,5)6)60-50(72)38(26-35-20-14-13-15-32(35)3)57-47(69)36(21-23-42(62)63)56-49(71)39(27-44(66)67)55-41(61)22-24-43(64)65/h7-20,31,36-40,45-46,68H,21-30H2,1-6H3,(H,54,73)(H,55,61)(H,56,71)(H,57,69)(H,58,74)(H,59,70)(H,60,72)(H,62,63)(H,64,65)(H,66,67)/t36-,37-,38-,39-,40?,45?,46+/m0/s1. The van der Waals surface area contributed by atoms with Crippen LogP contribution in [0.3, 0.4) is 0 Å². The molecule has 0 saturated carbocycles. The summed E-state index contributed by atoms with van der Waals surface area (Å²) in [5, 5.41) is 57.4. The third-order valence-corrected chi connectivity index (χ3v) is 12.8. The third-order valence-electron chi connectivity index (χ3n) is 11.6. The zero-order valence-corrected chi connectivity index (χ0v) is 43.9. The SMILES string of the molecule is Cc1ccccc1C[C@H](NC(=O)[C@H](CCC(=O)O)NC(=O)[C@H](CC(=O)O)NC(=O)CCC(=O)O)C(=O)N[C@H](C(=O)N[C@@H](CC(C)C)C(=O)NC(CSCc1ccccc1)C(O)C(=O)NCc1ccccc1)C(C)(C)C. The second kappa shape index (κ2) is 30.8. The van der Waals surface area contributed by atoms with Crippen LogP contribution in [0.2, 0.25) is 0 Å². The van der Waals surface area contributed by atoms with Crippen LogP contribution < -0.4 is 37.2 Å². The fourth-order valence-corrected chi connectivity index (χ4v) is 8.61. The number of aliphatic carboxylic acids is 3. The summed E-state index contributed by atoms with van der Waals surface area (Å²) in [7, 11) is 0. The van der Waals surface area contributed by atoms with Gasteiger partial charge in [0.15, 0.2) is 6.10 Å². The Labute approximate surface area is 440 Å². The molecule has 7 atom stereocenters. The van der Waals surface area contributed by atoms with Gasteiger partial charge in [-0.1, -0.05) is 120 Å². The first-order valence-electron chi connectivity index (χ1n) is 24.5. The molecule has 408 valence electrons. The number of aliphatic hydroxyl groups is 1. The number of hydrogen-bond acceptors (Lipinski definition) is 12. The molecular weight excluding hydrogens is 991 g/mol. The van der Waals surface area contributed by atoms with E-state index in [0.29, 0.717) is 16.9 Å². The Hall–Kier alpha value is -7.33.